The largest absolute Gasteiger partial charge is 0.383 e. The fourth-order valence-electron chi connectivity index (χ4n) is 1.90. The fourth-order valence-corrected chi connectivity index (χ4v) is 4.33. The minimum absolute atomic E-state index is 0.0530. The first-order valence-electron chi connectivity index (χ1n) is 6.08. The molecule has 0 aromatic rings. The third-order valence-electron chi connectivity index (χ3n) is 2.93. The van der Waals surface area contributed by atoms with Gasteiger partial charge in [-0.15, -0.1) is 0 Å². The second kappa shape index (κ2) is 6.83. The molecule has 1 saturated heterocycles. The highest BCUT2D eigenvalue weighted by molar-refractivity contribution is 7.91. The van der Waals surface area contributed by atoms with E-state index < -0.39 is 31.8 Å². The molecule has 0 bridgehead atoms. The van der Waals surface area contributed by atoms with Gasteiger partial charge < -0.3 is 10.1 Å². The lowest BCUT2D eigenvalue weighted by Gasteiger charge is -2.20. The summed E-state index contributed by atoms with van der Waals surface area (Å²) in [5, 5.41) is 2.55. The van der Waals surface area contributed by atoms with Gasteiger partial charge in [0.05, 0.1) is 30.9 Å². The Balaban J connectivity index is 2.54. The number of amides is 1. The number of hydrogen-bond donors (Lipinski definition) is 1. The van der Waals surface area contributed by atoms with Crippen LogP contribution in [0.2, 0.25) is 0 Å². The monoisotopic (exact) mass is 328 g/mol. The molecule has 10 heteroatoms. The Labute approximate surface area is 119 Å². The maximum Gasteiger partial charge on any atom is 0.235 e. The molecule has 0 aromatic carbocycles. The molecule has 0 saturated carbocycles. The van der Waals surface area contributed by atoms with Crippen LogP contribution in [0.25, 0.3) is 0 Å². The van der Waals surface area contributed by atoms with Crippen molar-refractivity contribution in [2.24, 2.45) is 0 Å². The van der Waals surface area contributed by atoms with E-state index >= 15 is 0 Å². The minimum Gasteiger partial charge on any atom is -0.383 e. The highest BCUT2D eigenvalue weighted by atomic mass is 32.2. The highest BCUT2D eigenvalue weighted by Gasteiger charge is 2.29. The lowest BCUT2D eigenvalue weighted by atomic mass is 10.2. The van der Waals surface area contributed by atoms with Crippen LogP contribution in [0, 0.1) is 0 Å². The predicted molar refractivity (Wildman–Crippen MR) is 73.5 cm³/mol. The summed E-state index contributed by atoms with van der Waals surface area (Å²) in [6.07, 6.45) is 1.38. The fraction of sp³-hybridized carbons (Fsp3) is 0.900. The zero-order valence-electron chi connectivity index (χ0n) is 11.5. The third-order valence-corrected chi connectivity index (χ3v) is 5.95. The number of sulfone groups is 1. The summed E-state index contributed by atoms with van der Waals surface area (Å²) in [5.41, 5.74) is 0. The quantitative estimate of drug-likeness (QED) is 0.590. The first-order valence-corrected chi connectivity index (χ1v) is 9.75. The second-order valence-corrected chi connectivity index (χ2v) is 8.97. The number of sulfonamides is 1. The van der Waals surface area contributed by atoms with Crippen molar-refractivity contribution in [2.45, 2.75) is 12.5 Å². The molecule has 118 valence electrons. The number of nitrogens with one attached hydrogen (secondary N) is 1. The zero-order valence-corrected chi connectivity index (χ0v) is 13.2. The van der Waals surface area contributed by atoms with Crippen LogP contribution >= 0.6 is 0 Å². The molecule has 0 spiro atoms. The van der Waals surface area contributed by atoms with E-state index in [4.69, 9.17) is 4.74 Å². The minimum atomic E-state index is -3.51. The van der Waals surface area contributed by atoms with E-state index in [1.54, 1.807) is 0 Å². The van der Waals surface area contributed by atoms with E-state index in [2.05, 4.69) is 5.32 Å². The summed E-state index contributed by atoms with van der Waals surface area (Å²) in [5.74, 6) is -0.541. The van der Waals surface area contributed by atoms with Gasteiger partial charge in [-0.3, -0.25) is 4.79 Å². The normalized spacial score (nSPS) is 22.1. The first-order chi connectivity index (χ1) is 9.14. The number of hydrogen-bond acceptors (Lipinski definition) is 6. The van der Waals surface area contributed by atoms with E-state index in [0.717, 1.165) is 10.6 Å². The van der Waals surface area contributed by atoms with Gasteiger partial charge in [-0.05, 0) is 6.42 Å². The van der Waals surface area contributed by atoms with Crippen molar-refractivity contribution in [3.8, 4) is 0 Å². The summed E-state index contributed by atoms with van der Waals surface area (Å²) in [6.45, 7) is -0.0807. The maximum atomic E-state index is 11.8. The molecule has 0 aromatic heterocycles. The van der Waals surface area contributed by atoms with Crippen molar-refractivity contribution < 1.29 is 26.4 Å². The molecule has 1 rings (SSSR count). The second-order valence-electron chi connectivity index (χ2n) is 4.76. The molecular weight excluding hydrogens is 308 g/mol. The van der Waals surface area contributed by atoms with Crippen LogP contribution in [-0.4, -0.2) is 77.7 Å². The average Bonchev–Trinajstić information content (AvgIpc) is 2.62. The molecule has 1 aliphatic rings. The van der Waals surface area contributed by atoms with E-state index in [1.807, 2.05) is 0 Å². The third kappa shape index (κ3) is 5.73. The van der Waals surface area contributed by atoms with Crippen LogP contribution in [0.5, 0.6) is 0 Å². The molecule has 1 N–H and O–H groups in total. The van der Waals surface area contributed by atoms with Crippen LogP contribution in [0.1, 0.15) is 6.42 Å². The van der Waals surface area contributed by atoms with E-state index in [1.165, 1.54) is 7.11 Å². The average molecular weight is 328 g/mol. The SMILES string of the molecule is COCCN(CC(=O)NC1CCS(=O)(=O)C1)S(C)(=O)=O. The molecule has 0 radical (unpaired) electrons. The molecule has 8 nitrogen and oxygen atoms in total. The van der Waals surface area contributed by atoms with E-state index in [9.17, 15) is 21.6 Å². The Morgan fingerprint density at radius 1 is 1.45 bits per heavy atom. The van der Waals surface area contributed by atoms with Crippen LogP contribution in [0.15, 0.2) is 0 Å². The number of rotatable bonds is 7. The molecule has 0 aliphatic carbocycles. The van der Waals surface area contributed by atoms with Gasteiger partial charge in [-0.2, -0.15) is 4.31 Å². The number of carbonyl (C=O) groups is 1. The van der Waals surface area contributed by atoms with Gasteiger partial charge in [-0.1, -0.05) is 0 Å². The molecule has 1 amide bonds. The van der Waals surface area contributed by atoms with Crippen LogP contribution < -0.4 is 5.32 Å². The Bertz CT molecular complexity index is 542. The van der Waals surface area contributed by atoms with Gasteiger partial charge in [0.2, 0.25) is 15.9 Å². The number of ether oxygens (including phenoxy) is 1. The zero-order chi connectivity index (χ0) is 15.4. The van der Waals surface area contributed by atoms with Gasteiger partial charge in [0.25, 0.3) is 0 Å². The predicted octanol–water partition coefficient (Wildman–Crippen LogP) is -1.80. The van der Waals surface area contributed by atoms with Gasteiger partial charge >= 0.3 is 0 Å². The Morgan fingerprint density at radius 3 is 2.55 bits per heavy atom. The van der Waals surface area contributed by atoms with Gasteiger partial charge in [0.15, 0.2) is 9.84 Å². The van der Waals surface area contributed by atoms with Gasteiger partial charge in [-0.25, -0.2) is 16.8 Å². The van der Waals surface area contributed by atoms with E-state index in [0.29, 0.717) is 6.42 Å². The topological polar surface area (TPSA) is 110 Å². The Morgan fingerprint density at radius 2 is 2.10 bits per heavy atom. The van der Waals surface area contributed by atoms with Crippen molar-refractivity contribution in [1.29, 1.82) is 0 Å². The van der Waals surface area contributed by atoms with Crippen molar-refractivity contribution in [3.05, 3.63) is 0 Å². The standard InChI is InChI=1S/C10H20N2O6S2/c1-18-5-4-12(19(2,14)15)7-10(13)11-9-3-6-20(16,17)8-9/h9H,3-8H2,1-2H3,(H,11,13). The van der Waals surface area contributed by atoms with E-state index in [-0.39, 0.29) is 31.2 Å². The summed E-state index contributed by atoms with van der Waals surface area (Å²) < 4.78 is 51.3. The molecule has 1 fully saturated rings. The van der Waals surface area contributed by atoms with Crippen molar-refractivity contribution in [3.63, 3.8) is 0 Å². The van der Waals surface area contributed by atoms with Crippen LogP contribution in [0.3, 0.4) is 0 Å². The summed E-state index contributed by atoms with van der Waals surface area (Å²) in [6, 6.07) is -0.434. The lowest BCUT2D eigenvalue weighted by Crippen LogP contribution is -2.45. The molecule has 1 aliphatic heterocycles. The smallest absolute Gasteiger partial charge is 0.235 e. The summed E-state index contributed by atoms with van der Waals surface area (Å²) in [4.78, 5) is 11.8. The Kier molecular flexibility index (Phi) is 5.92. The lowest BCUT2D eigenvalue weighted by molar-refractivity contribution is -0.121. The van der Waals surface area contributed by atoms with Gasteiger partial charge in [0, 0.05) is 19.7 Å². The van der Waals surface area contributed by atoms with Crippen LogP contribution in [0.4, 0.5) is 0 Å². The van der Waals surface area contributed by atoms with Crippen molar-refractivity contribution >= 4 is 25.8 Å². The molecule has 1 unspecified atom stereocenters. The number of methoxy groups -OCH3 is 1. The molecular formula is C10H20N2O6S2. The van der Waals surface area contributed by atoms with Crippen molar-refractivity contribution in [1.82, 2.24) is 9.62 Å². The summed E-state index contributed by atoms with van der Waals surface area (Å²) >= 11 is 0. The molecule has 1 heterocycles. The molecule has 20 heavy (non-hydrogen) atoms. The number of carbonyl (C=O) groups excluding carboxylic acids is 1. The highest BCUT2D eigenvalue weighted by Crippen LogP contribution is 2.11. The van der Waals surface area contributed by atoms with Gasteiger partial charge in [0.1, 0.15) is 0 Å². The van der Waals surface area contributed by atoms with Crippen LogP contribution in [-0.2, 0) is 29.4 Å². The molecule has 1 atom stereocenters. The van der Waals surface area contributed by atoms with Crippen molar-refractivity contribution in [2.75, 3.05) is 44.6 Å². The first kappa shape index (κ1) is 17.3. The Hall–Kier alpha value is -0.710. The maximum absolute atomic E-state index is 11.8. The summed E-state index contributed by atoms with van der Waals surface area (Å²) in [7, 11) is -5.16. The number of nitrogens with zero attached hydrogens (tertiary/aromatic N) is 1.